The Labute approximate surface area is 183 Å². The van der Waals surface area contributed by atoms with E-state index < -0.39 is 5.97 Å². The van der Waals surface area contributed by atoms with E-state index >= 15 is 0 Å². The third kappa shape index (κ3) is 3.92. The number of nitriles is 1. The molecule has 8 nitrogen and oxygen atoms in total. The predicted molar refractivity (Wildman–Crippen MR) is 119 cm³/mol. The first kappa shape index (κ1) is 20.7. The van der Waals surface area contributed by atoms with Crippen molar-refractivity contribution in [3.8, 4) is 6.07 Å². The number of nitrogens with one attached hydrogen (secondary N) is 2. The molecule has 2 aromatic heterocycles. The van der Waals surface area contributed by atoms with Crippen LogP contribution in [0.1, 0.15) is 35.8 Å². The lowest BCUT2D eigenvalue weighted by atomic mass is 10.1. The molecule has 0 spiro atoms. The van der Waals surface area contributed by atoms with Gasteiger partial charge in [0, 0.05) is 35.9 Å². The molecular weight excluding hydrogens is 418 g/mol. The minimum absolute atomic E-state index is 0.0503. The highest BCUT2D eigenvalue weighted by Gasteiger charge is 2.35. The summed E-state index contributed by atoms with van der Waals surface area (Å²) < 4.78 is 1.57. The Kier molecular flexibility index (Phi) is 5.29. The Morgan fingerprint density at radius 2 is 2.13 bits per heavy atom. The molecule has 9 heteroatoms. The maximum absolute atomic E-state index is 12.4. The minimum Gasteiger partial charge on any atom is -0.477 e. The molecule has 0 aliphatic heterocycles. The number of fused-ring (bicyclic) bond motifs is 1. The van der Waals surface area contributed by atoms with Gasteiger partial charge in [0.05, 0.1) is 11.2 Å². The molecule has 3 aromatic rings. The van der Waals surface area contributed by atoms with Gasteiger partial charge < -0.3 is 20.3 Å². The Morgan fingerprint density at radius 1 is 1.35 bits per heavy atom. The van der Waals surface area contributed by atoms with Crippen LogP contribution < -0.4 is 16.2 Å². The normalized spacial score (nSPS) is 17.2. The largest absolute Gasteiger partial charge is 0.477 e. The zero-order chi connectivity index (χ0) is 22.3. The second-order valence-electron chi connectivity index (χ2n) is 7.60. The number of rotatable bonds is 6. The quantitative estimate of drug-likeness (QED) is 0.496. The molecule has 1 aromatic carbocycles. The summed E-state index contributed by atoms with van der Waals surface area (Å²) in [5.74, 6) is -0.642. The molecular formula is C22H20ClN5O3. The highest BCUT2D eigenvalue weighted by Crippen LogP contribution is 2.38. The lowest BCUT2D eigenvalue weighted by Gasteiger charge is -2.15. The van der Waals surface area contributed by atoms with Crippen molar-refractivity contribution in [3.63, 3.8) is 0 Å². The number of aromatic nitrogens is 2. The summed E-state index contributed by atoms with van der Waals surface area (Å²) in [6, 6.07) is 10.6. The molecule has 158 valence electrons. The van der Waals surface area contributed by atoms with E-state index in [0.29, 0.717) is 17.6 Å². The summed E-state index contributed by atoms with van der Waals surface area (Å²) in [7, 11) is 1.71. The first-order valence-electron chi connectivity index (χ1n) is 9.83. The number of carbonyl (C=O) groups is 1. The summed E-state index contributed by atoms with van der Waals surface area (Å²) in [4.78, 5) is 27.5. The number of pyridine rings is 2. The van der Waals surface area contributed by atoms with Crippen molar-refractivity contribution in [3.05, 3.63) is 57.1 Å². The van der Waals surface area contributed by atoms with Crippen molar-refractivity contribution in [2.75, 3.05) is 10.6 Å². The molecule has 3 N–H and O–H groups in total. The van der Waals surface area contributed by atoms with Gasteiger partial charge in [-0.1, -0.05) is 24.9 Å². The summed E-state index contributed by atoms with van der Waals surface area (Å²) in [5.41, 5.74) is 2.05. The molecule has 0 saturated heterocycles. The topological polar surface area (TPSA) is 120 Å². The number of aromatic carboxylic acids is 1. The third-order valence-corrected chi connectivity index (χ3v) is 5.89. The van der Waals surface area contributed by atoms with E-state index in [9.17, 15) is 20.0 Å². The standard InChI is InChI=1S/C22H20ClN5O3/c1-3-11-6-15(11)26-17-9-20(29)28(2)19-5-4-12(7-13(17)19)25-16-8-18(22(30)31)27-21(23)14(16)10-24/h4-5,7-9,11,15,26H,3,6H2,1-2H3,(H,25,27)(H,30,31)/t11-,15?/m1/s1. The van der Waals surface area contributed by atoms with Gasteiger partial charge >= 0.3 is 5.97 Å². The molecule has 1 saturated carbocycles. The average molecular weight is 438 g/mol. The van der Waals surface area contributed by atoms with Gasteiger partial charge in [-0.3, -0.25) is 4.79 Å². The van der Waals surface area contributed by atoms with E-state index in [4.69, 9.17) is 11.6 Å². The fraction of sp³-hybridized carbons (Fsp3) is 0.273. The zero-order valence-electron chi connectivity index (χ0n) is 16.9. The summed E-state index contributed by atoms with van der Waals surface area (Å²) >= 11 is 6.01. The van der Waals surface area contributed by atoms with Crippen molar-refractivity contribution < 1.29 is 9.90 Å². The van der Waals surface area contributed by atoms with Crippen molar-refractivity contribution in [2.45, 2.75) is 25.8 Å². The van der Waals surface area contributed by atoms with Gasteiger partial charge in [-0.2, -0.15) is 5.26 Å². The highest BCUT2D eigenvalue weighted by atomic mass is 35.5. The smallest absolute Gasteiger partial charge is 0.354 e. The second-order valence-corrected chi connectivity index (χ2v) is 7.96. The van der Waals surface area contributed by atoms with Crippen LogP contribution in [-0.2, 0) is 7.05 Å². The minimum atomic E-state index is -1.25. The van der Waals surface area contributed by atoms with Gasteiger partial charge in [0.2, 0.25) is 0 Å². The number of benzene rings is 1. The van der Waals surface area contributed by atoms with Crippen LogP contribution in [0.3, 0.4) is 0 Å². The monoisotopic (exact) mass is 437 g/mol. The van der Waals surface area contributed by atoms with Crippen LogP contribution in [0.2, 0.25) is 5.15 Å². The molecule has 0 amide bonds. The van der Waals surface area contributed by atoms with Crippen LogP contribution in [0.25, 0.3) is 10.9 Å². The Hall–Kier alpha value is -3.57. The van der Waals surface area contributed by atoms with Gasteiger partial charge in [-0.15, -0.1) is 0 Å². The molecule has 1 aliphatic carbocycles. The van der Waals surface area contributed by atoms with Gasteiger partial charge in [0.15, 0.2) is 5.69 Å². The molecule has 4 rings (SSSR count). The van der Waals surface area contributed by atoms with Crippen LogP contribution in [0, 0.1) is 17.2 Å². The zero-order valence-corrected chi connectivity index (χ0v) is 17.7. The molecule has 2 atom stereocenters. The summed E-state index contributed by atoms with van der Waals surface area (Å²) in [6.45, 7) is 2.15. The average Bonchev–Trinajstić information content (AvgIpc) is 3.49. The first-order valence-corrected chi connectivity index (χ1v) is 10.2. The second kappa shape index (κ2) is 7.93. The Bertz CT molecular complexity index is 1310. The number of aryl methyl sites for hydroxylation is 1. The summed E-state index contributed by atoms with van der Waals surface area (Å²) in [5, 5.41) is 25.9. The highest BCUT2D eigenvalue weighted by molar-refractivity contribution is 6.31. The predicted octanol–water partition coefficient (Wildman–Crippen LogP) is 4.11. The Balaban J connectivity index is 1.78. The van der Waals surface area contributed by atoms with E-state index in [1.165, 1.54) is 6.07 Å². The summed E-state index contributed by atoms with van der Waals surface area (Å²) in [6.07, 6.45) is 2.16. The Morgan fingerprint density at radius 3 is 2.77 bits per heavy atom. The van der Waals surface area contributed by atoms with Crippen LogP contribution in [-0.4, -0.2) is 26.7 Å². The number of hydrogen-bond donors (Lipinski definition) is 3. The number of hydrogen-bond acceptors (Lipinski definition) is 6. The number of anilines is 3. The van der Waals surface area contributed by atoms with Crippen LogP contribution >= 0.6 is 11.6 Å². The number of carboxylic acid groups (broad SMARTS) is 1. The van der Waals surface area contributed by atoms with Gasteiger partial charge in [-0.25, -0.2) is 9.78 Å². The van der Waals surface area contributed by atoms with E-state index in [1.807, 2.05) is 12.1 Å². The first-order chi connectivity index (χ1) is 14.8. The molecule has 0 bridgehead atoms. The number of nitrogens with zero attached hydrogens (tertiary/aromatic N) is 3. The van der Waals surface area contributed by atoms with Crippen molar-refractivity contribution in [2.24, 2.45) is 13.0 Å². The SMILES string of the molecule is CC[C@@H]1CC1Nc1cc(=O)n(C)c2ccc(Nc3cc(C(=O)O)nc(Cl)c3C#N)cc12. The van der Waals surface area contributed by atoms with E-state index in [-0.39, 0.29) is 27.7 Å². The fourth-order valence-corrected chi connectivity index (χ4v) is 3.95. The third-order valence-electron chi connectivity index (χ3n) is 5.62. The van der Waals surface area contributed by atoms with E-state index in [2.05, 4.69) is 22.5 Å². The van der Waals surface area contributed by atoms with Crippen molar-refractivity contribution >= 4 is 45.5 Å². The van der Waals surface area contributed by atoms with Gasteiger partial charge in [0.25, 0.3) is 5.56 Å². The van der Waals surface area contributed by atoms with Crippen LogP contribution in [0.15, 0.2) is 35.1 Å². The van der Waals surface area contributed by atoms with Gasteiger partial charge in [-0.05, 0) is 36.6 Å². The molecule has 1 unspecified atom stereocenters. The van der Waals surface area contributed by atoms with E-state index in [1.54, 1.807) is 29.8 Å². The maximum atomic E-state index is 12.4. The lowest BCUT2D eigenvalue weighted by molar-refractivity contribution is 0.0690. The van der Waals surface area contributed by atoms with Crippen molar-refractivity contribution in [1.29, 1.82) is 5.26 Å². The molecule has 1 fully saturated rings. The van der Waals surface area contributed by atoms with Gasteiger partial charge in [0.1, 0.15) is 16.8 Å². The van der Waals surface area contributed by atoms with Crippen molar-refractivity contribution in [1.82, 2.24) is 9.55 Å². The number of halogens is 1. The number of carboxylic acids is 1. The van der Waals surface area contributed by atoms with Crippen LogP contribution in [0.5, 0.6) is 0 Å². The van der Waals surface area contributed by atoms with E-state index in [0.717, 1.165) is 29.4 Å². The molecule has 31 heavy (non-hydrogen) atoms. The molecule has 1 aliphatic rings. The molecule has 2 heterocycles. The fourth-order valence-electron chi connectivity index (χ4n) is 3.72. The maximum Gasteiger partial charge on any atom is 0.354 e. The molecule has 0 radical (unpaired) electrons. The lowest BCUT2D eigenvalue weighted by Crippen LogP contribution is -2.18. The van der Waals surface area contributed by atoms with Crippen LogP contribution in [0.4, 0.5) is 17.1 Å².